The number of rotatable bonds is 12. The molecule has 0 saturated carbocycles. The molecule has 0 aliphatic heterocycles. The first-order valence-corrected chi connectivity index (χ1v) is 5.60. The molecule has 0 rings (SSSR count). The minimum Gasteiger partial charge on any atom is -0.378 e. The van der Waals surface area contributed by atoms with E-state index in [1.54, 1.807) is 0 Å². The fourth-order valence-electron chi connectivity index (χ4n) is 0.965. The van der Waals surface area contributed by atoms with Gasteiger partial charge in [-0.15, -0.1) is 0 Å². The maximum absolute atomic E-state index is 5.33. The first-order chi connectivity index (χ1) is 7.81. The lowest BCUT2D eigenvalue weighted by atomic mass is 10.6. The van der Waals surface area contributed by atoms with Gasteiger partial charge in [0.25, 0.3) is 0 Å². The van der Waals surface area contributed by atoms with Crippen LogP contribution in [0.3, 0.4) is 0 Å². The molecule has 0 unspecified atom stereocenters. The molecule has 98 valence electrons. The Kier molecular flexibility index (Phi) is 12.6. The molecule has 0 atom stereocenters. The number of hydrogen-bond acceptors (Lipinski definition) is 6. The molecular formula is C10H24N2O4. The topological polar surface area (TPSA) is 89.0 Å². The highest BCUT2D eigenvalue weighted by molar-refractivity contribution is 4.37. The van der Waals surface area contributed by atoms with Crippen LogP contribution in [0.2, 0.25) is 0 Å². The van der Waals surface area contributed by atoms with Crippen molar-refractivity contribution >= 4 is 0 Å². The normalized spacial score (nSPS) is 11.2. The summed E-state index contributed by atoms with van der Waals surface area (Å²) in [6.45, 7) is 6.11. The van der Waals surface area contributed by atoms with E-state index in [0.717, 1.165) is 0 Å². The van der Waals surface area contributed by atoms with Crippen molar-refractivity contribution in [2.24, 2.45) is 11.5 Å². The number of nitrogens with two attached hydrogens (primary N) is 2. The third-order valence-corrected chi connectivity index (χ3v) is 1.68. The van der Waals surface area contributed by atoms with Gasteiger partial charge in [0.15, 0.2) is 6.29 Å². The largest absolute Gasteiger partial charge is 0.378 e. The standard InChI is InChI=1S/C10H24N2O4/c1-10(15-8-6-13-4-2-11)16-9-7-14-5-3-12/h10H,2-9,11-12H2,1H3. The van der Waals surface area contributed by atoms with Crippen LogP contribution in [-0.2, 0) is 18.9 Å². The van der Waals surface area contributed by atoms with Crippen molar-refractivity contribution in [2.45, 2.75) is 13.2 Å². The van der Waals surface area contributed by atoms with Crippen molar-refractivity contribution < 1.29 is 18.9 Å². The summed E-state index contributed by atoms with van der Waals surface area (Å²) in [5.41, 5.74) is 10.5. The number of hydrogen-bond donors (Lipinski definition) is 2. The van der Waals surface area contributed by atoms with Crippen LogP contribution in [0.5, 0.6) is 0 Å². The molecule has 16 heavy (non-hydrogen) atoms. The van der Waals surface area contributed by atoms with Gasteiger partial charge >= 0.3 is 0 Å². The Morgan fingerprint density at radius 3 is 1.56 bits per heavy atom. The summed E-state index contributed by atoms with van der Waals surface area (Å²) in [6, 6.07) is 0. The second-order valence-electron chi connectivity index (χ2n) is 3.11. The second kappa shape index (κ2) is 12.8. The van der Waals surface area contributed by atoms with Crippen molar-refractivity contribution in [3.8, 4) is 0 Å². The Balaban J connectivity index is 3.09. The Bertz CT molecular complexity index is 124. The predicted octanol–water partition coefficient (Wildman–Crippen LogP) is -0.684. The minimum absolute atomic E-state index is 0.247. The molecule has 0 spiro atoms. The maximum atomic E-state index is 5.33. The Morgan fingerprint density at radius 2 is 1.19 bits per heavy atom. The molecule has 0 aliphatic carbocycles. The van der Waals surface area contributed by atoms with Crippen LogP contribution in [0, 0.1) is 0 Å². The van der Waals surface area contributed by atoms with E-state index in [0.29, 0.717) is 52.7 Å². The highest BCUT2D eigenvalue weighted by Gasteiger charge is 2.01. The molecule has 6 heteroatoms. The summed E-state index contributed by atoms with van der Waals surface area (Å²) in [7, 11) is 0. The maximum Gasteiger partial charge on any atom is 0.155 e. The van der Waals surface area contributed by atoms with Crippen molar-refractivity contribution in [1.29, 1.82) is 0 Å². The zero-order valence-corrected chi connectivity index (χ0v) is 10.0. The summed E-state index contributed by atoms with van der Waals surface area (Å²) in [6.07, 6.45) is -0.247. The highest BCUT2D eigenvalue weighted by atomic mass is 16.7. The van der Waals surface area contributed by atoms with E-state index in [4.69, 9.17) is 30.4 Å². The van der Waals surface area contributed by atoms with E-state index in [1.165, 1.54) is 0 Å². The second-order valence-corrected chi connectivity index (χ2v) is 3.11. The lowest BCUT2D eigenvalue weighted by molar-refractivity contribution is -0.146. The summed E-state index contributed by atoms with van der Waals surface area (Å²) < 4.78 is 20.9. The van der Waals surface area contributed by atoms with E-state index >= 15 is 0 Å². The van der Waals surface area contributed by atoms with E-state index < -0.39 is 0 Å². The zero-order chi connectivity index (χ0) is 12.1. The Labute approximate surface area is 97.2 Å². The van der Waals surface area contributed by atoms with Gasteiger partial charge in [-0.05, 0) is 6.92 Å². The van der Waals surface area contributed by atoms with Gasteiger partial charge in [-0.3, -0.25) is 0 Å². The van der Waals surface area contributed by atoms with Crippen LogP contribution in [0.15, 0.2) is 0 Å². The summed E-state index contributed by atoms with van der Waals surface area (Å²) in [5, 5.41) is 0. The lowest BCUT2D eigenvalue weighted by Gasteiger charge is -2.14. The van der Waals surface area contributed by atoms with Crippen LogP contribution < -0.4 is 11.5 Å². The molecule has 0 aromatic heterocycles. The Morgan fingerprint density at radius 1 is 0.750 bits per heavy atom. The van der Waals surface area contributed by atoms with Gasteiger partial charge in [0.05, 0.1) is 39.6 Å². The number of ether oxygens (including phenoxy) is 4. The third-order valence-electron chi connectivity index (χ3n) is 1.68. The molecule has 0 aromatic rings. The van der Waals surface area contributed by atoms with Crippen LogP contribution in [0.4, 0.5) is 0 Å². The van der Waals surface area contributed by atoms with Crippen molar-refractivity contribution in [2.75, 3.05) is 52.7 Å². The molecule has 0 amide bonds. The highest BCUT2D eigenvalue weighted by Crippen LogP contribution is 1.93. The molecule has 0 bridgehead atoms. The summed E-state index contributed by atoms with van der Waals surface area (Å²) in [5.74, 6) is 0. The zero-order valence-electron chi connectivity index (χ0n) is 10.0. The third kappa shape index (κ3) is 11.8. The van der Waals surface area contributed by atoms with Gasteiger partial charge in [0.2, 0.25) is 0 Å². The van der Waals surface area contributed by atoms with E-state index in [2.05, 4.69) is 0 Å². The fraction of sp³-hybridized carbons (Fsp3) is 1.00. The van der Waals surface area contributed by atoms with E-state index in [9.17, 15) is 0 Å². The van der Waals surface area contributed by atoms with Gasteiger partial charge in [0.1, 0.15) is 0 Å². The monoisotopic (exact) mass is 236 g/mol. The van der Waals surface area contributed by atoms with Gasteiger partial charge < -0.3 is 30.4 Å². The smallest absolute Gasteiger partial charge is 0.155 e. The molecule has 0 aliphatic rings. The van der Waals surface area contributed by atoms with Crippen molar-refractivity contribution in [3.05, 3.63) is 0 Å². The van der Waals surface area contributed by atoms with E-state index in [-0.39, 0.29) is 6.29 Å². The quantitative estimate of drug-likeness (QED) is 0.344. The average Bonchev–Trinajstić information content (AvgIpc) is 2.28. The molecule has 0 radical (unpaired) electrons. The molecule has 0 heterocycles. The van der Waals surface area contributed by atoms with Gasteiger partial charge in [0, 0.05) is 13.1 Å². The van der Waals surface area contributed by atoms with Crippen LogP contribution >= 0.6 is 0 Å². The van der Waals surface area contributed by atoms with Crippen molar-refractivity contribution in [3.63, 3.8) is 0 Å². The summed E-state index contributed by atoms with van der Waals surface area (Å²) >= 11 is 0. The van der Waals surface area contributed by atoms with Gasteiger partial charge in [-0.1, -0.05) is 0 Å². The average molecular weight is 236 g/mol. The predicted molar refractivity (Wildman–Crippen MR) is 61.1 cm³/mol. The lowest BCUT2D eigenvalue weighted by Crippen LogP contribution is -2.20. The molecule has 0 saturated heterocycles. The molecule has 6 nitrogen and oxygen atoms in total. The van der Waals surface area contributed by atoms with Crippen LogP contribution in [0.25, 0.3) is 0 Å². The van der Waals surface area contributed by atoms with Crippen molar-refractivity contribution in [1.82, 2.24) is 0 Å². The van der Waals surface area contributed by atoms with Gasteiger partial charge in [-0.25, -0.2) is 0 Å². The van der Waals surface area contributed by atoms with Crippen LogP contribution in [-0.4, -0.2) is 59.0 Å². The Hall–Kier alpha value is -0.240. The molecular weight excluding hydrogens is 212 g/mol. The van der Waals surface area contributed by atoms with Gasteiger partial charge in [-0.2, -0.15) is 0 Å². The van der Waals surface area contributed by atoms with Crippen LogP contribution in [0.1, 0.15) is 6.92 Å². The fourth-order valence-corrected chi connectivity index (χ4v) is 0.965. The first-order valence-electron chi connectivity index (χ1n) is 5.60. The first kappa shape index (κ1) is 15.8. The van der Waals surface area contributed by atoms with E-state index in [1.807, 2.05) is 6.92 Å². The minimum atomic E-state index is -0.247. The molecule has 0 fully saturated rings. The molecule has 4 N–H and O–H groups in total. The SMILES string of the molecule is CC(OCCOCCN)OCCOCCN. The summed E-state index contributed by atoms with van der Waals surface area (Å²) in [4.78, 5) is 0. The molecule has 0 aromatic carbocycles.